The summed E-state index contributed by atoms with van der Waals surface area (Å²) in [6, 6.07) is 14.4. The summed E-state index contributed by atoms with van der Waals surface area (Å²) in [4.78, 5) is 39.0. The lowest BCUT2D eigenvalue weighted by Gasteiger charge is -2.29. The van der Waals surface area contributed by atoms with Gasteiger partial charge in [-0.25, -0.2) is 34.3 Å². The molecule has 0 saturated carbocycles. The number of pyridine rings is 4. The molecule has 2 aliphatic rings. The minimum atomic E-state index is -0.466. The zero-order valence-corrected chi connectivity index (χ0v) is 27.4. The van der Waals surface area contributed by atoms with Gasteiger partial charge in [0, 0.05) is 93.3 Å². The molecule has 8 rings (SSSR count). The fourth-order valence-electron chi connectivity index (χ4n) is 5.78. The van der Waals surface area contributed by atoms with E-state index in [2.05, 4.69) is 44.8 Å². The van der Waals surface area contributed by atoms with Crippen molar-refractivity contribution in [3.05, 3.63) is 120 Å². The summed E-state index contributed by atoms with van der Waals surface area (Å²) in [7, 11) is 2.89. The first-order chi connectivity index (χ1) is 24.5. The normalized spacial score (nSPS) is 13.4. The summed E-state index contributed by atoms with van der Waals surface area (Å²) in [6.45, 7) is 2.50. The van der Waals surface area contributed by atoms with Gasteiger partial charge in [0.1, 0.15) is 17.2 Å². The highest BCUT2D eigenvalue weighted by Gasteiger charge is 2.24. The molecule has 0 N–H and O–H groups in total. The van der Waals surface area contributed by atoms with Crippen molar-refractivity contribution in [2.24, 2.45) is 0 Å². The van der Waals surface area contributed by atoms with E-state index in [-0.39, 0.29) is 11.5 Å². The summed E-state index contributed by atoms with van der Waals surface area (Å²) < 4.78 is 38.1. The molecular formula is C36H32F2N10O2. The van der Waals surface area contributed by atoms with Crippen LogP contribution in [0.1, 0.15) is 22.5 Å². The van der Waals surface area contributed by atoms with Crippen LogP contribution in [0, 0.1) is 11.6 Å². The van der Waals surface area contributed by atoms with Gasteiger partial charge in [-0.2, -0.15) is 4.39 Å². The number of nitrogens with zero attached hydrogens (tertiary/aromatic N) is 10. The number of hydrogen-bond acceptors (Lipinski definition) is 12. The van der Waals surface area contributed by atoms with Crippen LogP contribution in [-0.4, -0.2) is 67.2 Å². The molecule has 8 heterocycles. The average molecular weight is 675 g/mol. The maximum Gasteiger partial charge on any atom is 0.207 e. The summed E-state index contributed by atoms with van der Waals surface area (Å²) >= 11 is 0. The maximum absolute atomic E-state index is 14.5. The first-order valence-corrected chi connectivity index (χ1v) is 15.9. The van der Waals surface area contributed by atoms with Crippen molar-refractivity contribution >= 4 is 11.6 Å². The number of halogens is 2. The van der Waals surface area contributed by atoms with E-state index in [0.717, 1.165) is 46.9 Å². The lowest BCUT2D eigenvalue weighted by Crippen LogP contribution is -2.32. The van der Waals surface area contributed by atoms with Gasteiger partial charge < -0.3 is 19.3 Å². The SMILES string of the molecule is COc1cc(N2CCc3nc(-c4ccccn4)ncc3C2)ncc1F.COc1ccnc(N2CCc3nc(-c4ccccn4)ncc3C2)c1F. The van der Waals surface area contributed by atoms with Crippen molar-refractivity contribution in [2.75, 3.05) is 37.1 Å². The number of rotatable bonds is 6. The van der Waals surface area contributed by atoms with Gasteiger partial charge >= 0.3 is 0 Å². The van der Waals surface area contributed by atoms with Crippen LogP contribution in [-0.2, 0) is 25.9 Å². The van der Waals surface area contributed by atoms with Crippen LogP contribution >= 0.6 is 0 Å². The molecule has 50 heavy (non-hydrogen) atoms. The minimum Gasteiger partial charge on any atom is -0.493 e. The van der Waals surface area contributed by atoms with Crippen LogP contribution < -0.4 is 19.3 Å². The Balaban J connectivity index is 0.000000157. The van der Waals surface area contributed by atoms with Gasteiger partial charge in [-0.3, -0.25) is 9.97 Å². The third-order valence-electron chi connectivity index (χ3n) is 8.36. The predicted octanol–water partition coefficient (Wildman–Crippen LogP) is 5.29. The second-order valence-corrected chi connectivity index (χ2v) is 11.4. The van der Waals surface area contributed by atoms with Crippen LogP contribution in [0.15, 0.2) is 85.7 Å². The van der Waals surface area contributed by atoms with E-state index in [9.17, 15) is 8.78 Å². The highest BCUT2D eigenvalue weighted by Crippen LogP contribution is 2.30. The number of fused-ring (bicyclic) bond motifs is 2. The Morgan fingerprint density at radius 2 is 1.22 bits per heavy atom. The molecule has 0 saturated heterocycles. The fourth-order valence-corrected chi connectivity index (χ4v) is 5.78. The van der Waals surface area contributed by atoms with Crippen molar-refractivity contribution in [1.29, 1.82) is 0 Å². The maximum atomic E-state index is 14.5. The van der Waals surface area contributed by atoms with Crippen molar-refractivity contribution in [1.82, 2.24) is 39.9 Å². The Morgan fingerprint density at radius 1 is 0.620 bits per heavy atom. The topological polar surface area (TPSA) is 128 Å². The minimum absolute atomic E-state index is 0.192. The van der Waals surface area contributed by atoms with E-state index in [1.807, 2.05) is 47.5 Å². The first-order valence-electron chi connectivity index (χ1n) is 15.9. The van der Waals surface area contributed by atoms with Crippen LogP contribution in [0.4, 0.5) is 20.4 Å². The summed E-state index contributed by atoms with van der Waals surface area (Å²) in [5, 5.41) is 0. The monoisotopic (exact) mass is 674 g/mol. The van der Waals surface area contributed by atoms with E-state index < -0.39 is 11.6 Å². The molecule has 0 fully saturated rings. The standard InChI is InChI=1S/2C18H16FN5O/c1-25-15-5-8-21-18(16(15)19)24-9-6-13-12(11-24)10-22-17(23-13)14-4-2-3-7-20-14;1-25-16-8-17(21-10-13(16)19)24-7-5-14-12(11-24)9-22-18(23-14)15-4-2-3-6-20-15/h2-5,7-8,10H,6,9,11H2,1H3;2-4,6,8-10H,5,7,11H2,1H3. The van der Waals surface area contributed by atoms with Gasteiger partial charge in [-0.15, -0.1) is 0 Å². The highest BCUT2D eigenvalue weighted by atomic mass is 19.1. The first kappa shape index (κ1) is 32.4. The molecule has 0 bridgehead atoms. The molecule has 252 valence electrons. The number of methoxy groups -OCH3 is 2. The third kappa shape index (κ3) is 6.86. The second-order valence-electron chi connectivity index (χ2n) is 11.4. The van der Waals surface area contributed by atoms with Gasteiger partial charge in [0.05, 0.1) is 31.8 Å². The molecule has 0 aliphatic carbocycles. The molecule has 0 radical (unpaired) electrons. The molecule has 6 aromatic heterocycles. The molecule has 6 aromatic rings. The average Bonchev–Trinajstić information content (AvgIpc) is 3.18. The van der Waals surface area contributed by atoms with Gasteiger partial charge in [-0.1, -0.05) is 12.1 Å². The van der Waals surface area contributed by atoms with Crippen molar-refractivity contribution in [2.45, 2.75) is 25.9 Å². The lowest BCUT2D eigenvalue weighted by atomic mass is 10.1. The summed E-state index contributed by atoms with van der Waals surface area (Å²) in [5.41, 5.74) is 5.49. The number of hydrogen-bond donors (Lipinski definition) is 0. The smallest absolute Gasteiger partial charge is 0.207 e. The summed E-state index contributed by atoms with van der Waals surface area (Å²) in [6.07, 6.45) is 11.3. The number of anilines is 2. The highest BCUT2D eigenvalue weighted by molar-refractivity contribution is 5.53. The predicted molar refractivity (Wildman–Crippen MR) is 182 cm³/mol. The van der Waals surface area contributed by atoms with E-state index in [0.29, 0.717) is 49.3 Å². The summed E-state index contributed by atoms with van der Waals surface area (Å²) in [5.74, 6) is 1.69. The van der Waals surface area contributed by atoms with Gasteiger partial charge in [-0.05, 0) is 24.3 Å². The van der Waals surface area contributed by atoms with Gasteiger partial charge in [0.2, 0.25) is 5.82 Å². The van der Waals surface area contributed by atoms with Crippen LogP contribution in [0.3, 0.4) is 0 Å². The van der Waals surface area contributed by atoms with Crippen LogP contribution in [0.25, 0.3) is 23.0 Å². The molecule has 0 unspecified atom stereocenters. The molecule has 0 amide bonds. The van der Waals surface area contributed by atoms with Crippen LogP contribution in [0.5, 0.6) is 11.5 Å². The Kier molecular flexibility index (Phi) is 9.40. The molecular weight excluding hydrogens is 642 g/mol. The number of aromatic nitrogens is 8. The van der Waals surface area contributed by atoms with Crippen LogP contribution in [0.2, 0.25) is 0 Å². The lowest BCUT2D eigenvalue weighted by molar-refractivity contribution is 0.384. The van der Waals surface area contributed by atoms with E-state index in [1.165, 1.54) is 26.5 Å². The Morgan fingerprint density at radius 3 is 1.80 bits per heavy atom. The Labute approximate surface area is 286 Å². The quantitative estimate of drug-likeness (QED) is 0.228. The van der Waals surface area contributed by atoms with Crippen molar-refractivity contribution in [3.8, 4) is 34.5 Å². The molecule has 12 nitrogen and oxygen atoms in total. The molecule has 0 atom stereocenters. The van der Waals surface area contributed by atoms with Crippen molar-refractivity contribution < 1.29 is 18.3 Å². The van der Waals surface area contributed by atoms with Gasteiger partial charge in [0.25, 0.3) is 0 Å². The molecule has 0 spiro atoms. The third-order valence-corrected chi connectivity index (χ3v) is 8.36. The van der Waals surface area contributed by atoms with Crippen molar-refractivity contribution in [3.63, 3.8) is 0 Å². The Hall–Kier alpha value is -6.18. The fraction of sp³-hybridized carbons (Fsp3) is 0.222. The Bertz CT molecular complexity index is 2110. The molecule has 2 aliphatic heterocycles. The second kappa shape index (κ2) is 14.5. The number of ether oxygens (including phenoxy) is 2. The largest absolute Gasteiger partial charge is 0.493 e. The zero-order valence-electron chi connectivity index (χ0n) is 27.4. The van der Waals surface area contributed by atoms with E-state index in [1.54, 1.807) is 30.9 Å². The molecule has 14 heteroatoms. The zero-order chi connectivity index (χ0) is 34.5. The van der Waals surface area contributed by atoms with E-state index in [4.69, 9.17) is 9.47 Å². The van der Waals surface area contributed by atoms with E-state index >= 15 is 0 Å². The van der Waals surface area contributed by atoms with Gasteiger partial charge in [0.15, 0.2) is 34.8 Å². The molecule has 0 aromatic carbocycles.